The van der Waals surface area contributed by atoms with Gasteiger partial charge in [-0.15, -0.1) is 24.0 Å². The lowest BCUT2D eigenvalue weighted by Crippen LogP contribution is -2.39. The Labute approximate surface area is 155 Å². The van der Waals surface area contributed by atoms with Crippen molar-refractivity contribution in [3.05, 3.63) is 18.2 Å². The fourth-order valence-electron chi connectivity index (χ4n) is 2.00. The van der Waals surface area contributed by atoms with Crippen molar-refractivity contribution in [2.75, 3.05) is 33.0 Å². The Balaban J connectivity index is 0.00000264. The van der Waals surface area contributed by atoms with Crippen LogP contribution in [0.25, 0.3) is 0 Å². The van der Waals surface area contributed by atoms with Crippen molar-refractivity contribution < 1.29 is 14.2 Å². The van der Waals surface area contributed by atoms with Gasteiger partial charge in [0.2, 0.25) is 6.79 Å². The van der Waals surface area contributed by atoms with E-state index in [0.29, 0.717) is 13.2 Å². The number of nitrogens with zero attached hydrogens (tertiary/aromatic N) is 1. The van der Waals surface area contributed by atoms with Gasteiger partial charge in [0, 0.05) is 19.2 Å². The summed E-state index contributed by atoms with van der Waals surface area (Å²) in [6.45, 7) is 7.43. The standard InChI is InChI=1S/C16H25N3O3.HI/c1-3-5-8-18-16(17-4-2)19-9-10-20-13-6-7-14-15(11-13)22-12-21-14;/h6-7,11H,3-5,8-10,12H2,1-2H3,(H2,17,18,19);1H. The first-order valence-electron chi connectivity index (χ1n) is 7.88. The maximum atomic E-state index is 5.70. The van der Waals surface area contributed by atoms with E-state index in [4.69, 9.17) is 14.2 Å². The molecule has 2 rings (SSSR count). The predicted octanol–water partition coefficient (Wildman–Crippen LogP) is 2.77. The van der Waals surface area contributed by atoms with E-state index in [-0.39, 0.29) is 30.8 Å². The highest BCUT2D eigenvalue weighted by Gasteiger charge is 2.13. The van der Waals surface area contributed by atoms with E-state index in [1.807, 2.05) is 18.2 Å². The SMILES string of the molecule is CCCCN=C(NCC)NCCOc1ccc2c(c1)OCO2.I. The fourth-order valence-corrected chi connectivity index (χ4v) is 2.00. The van der Waals surface area contributed by atoms with Crippen LogP contribution in [-0.2, 0) is 0 Å². The van der Waals surface area contributed by atoms with Crippen LogP contribution in [0, 0.1) is 0 Å². The van der Waals surface area contributed by atoms with Crippen molar-refractivity contribution in [2.24, 2.45) is 4.99 Å². The number of fused-ring (bicyclic) bond motifs is 1. The van der Waals surface area contributed by atoms with Crippen LogP contribution in [0.1, 0.15) is 26.7 Å². The number of guanidine groups is 1. The lowest BCUT2D eigenvalue weighted by atomic mass is 10.3. The number of nitrogens with one attached hydrogen (secondary N) is 2. The van der Waals surface area contributed by atoms with Gasteiger partial charge in [-0.3, -0.25) is 4.99 Å². The topological polar surface area (TPSA) is 64.1 Å². The van der Waals surface area contributed by atoms with E-state index in [1.165, 1.54) is 0 Å². The fraction of sp³-hybridized carbons (Fsp3) is 0.562. The first kappa shape index (κ1) is 19.7. The molecule has 1 aromatic rings. The van der Waals surface area contributed by atoms with Gasteiger partial charge < -0.3 is 24.8 Å². The summed E-state index contributed by atoms with van der Waals surface area (Å²) in [7, 11) is 0. The summed E-state index contributed by atoms with van der Waals surface area (Å²) in [5.74, 6) is 3.12. The van der Waals surface area contributed by atoms with Gasteiger partial charge in [-0.2, -0.15) is 0 Å². The van der Waals surface area contributed by atoms with Crippen LogP contribution >= 0.6 is 24.0 Å². The second-order valence-corrected chi connectivity index (χ2v) is 4.90. The molecule has 1 aromatic carbocycles. The minimum Gasteiger partial charge on any atom is -0.492 e. The van der Waals surface area contributed by atoms with Crippen LogP contribution < -0.4 is 24.8 Å². The third kappa shape index (κ3) is 6.72. The molecule has 0 saturated carbocycles. The smallest absolute Gasteiger partial charge is 0.231 e. The normalized spacial score (nSPS) is 12.5. The van der Waals surface area contributed by atoms with Crippen LogP contribution in [0.4, 0.5) is 0 Å². The molecule has 0 bridgehead atoms. The molecule has 0 amide bonds. The monoisotopic (exact) mass is 435 g/mol. The molecule has 6 nitrogen and oxygen atoms in total. The van der Waals surface area contributed by atoms with Gasteiger partial charge in [0.15, 0.2) is 17.5 Å². The van der Waals surface area contributed by atoms with Crippen LogP contribution in [0.15, 0.2) is 23.2 Å². The number of halogens is 1. The van der Waals surface area contributed by atoms with Crippen molar-refractivity contribution >= 4 is 29.9 Å². The number of hydrogen-bond donors (Lipinski definition) is 2. The second-order valence-electron chi connectivity index (χ2n) is 4.90. The Morgan fingerprint density at radius 3 is 2.83 bits per heavy atom. The van der Waals surface area contributed by atoms with Gasteiger partial charge in [-0.05, 0) is 25.5 Å². The summed E-state index contributed by atoms with van der Waals surface area (Å²) >= 11 is 0. The zero-order valence-corrected chi connectivity index (χ0v) is 16.1. The molecule has 130 valence electrons. The van der Waals surface area contributed by atoms with Gasteiger partial charge in [-0.25, -0.2) is 0 Å². The van der Waals surface area contributed by atoms with Crippen LogP contribution in [0.3, 0.4) is 0 Å². The predicted molar refractivity (Wildman–Crippen MR) is 102 cm³/mol. The molecule has 2 N–H and O–H groups in total. The third-order valence-corrected chi connectivity index (χ3v) is 3.13. The highest BCUT2D eigenvalue weighted by molar-refractivity contribution is 14.0. The average Bonchev–Trinajstić information content (AvgIpc) is 2.99. The van der Waals surface area contributed by atoms with Gasteiger partial charge in [-0.1, -0.05) is 13.3 Å². The molecule has 0 radical (unpaired) electrons. The molecule has 0 spiro atoms. The van der Waals surface area contributed by atoms with Crippen molar-refractivity contribution in [3.63, 3.8) is 0 Å². The molecule has 0 saturated heterocycles. The Hall–Kier alpha value is -1.38. The first-order chi connectivity index (χ1) is 10.8. The number of ether oxygens (including phenoxy) is 3. The van der Waals surface area contributed by atoms with Gasteiger partial charge in [0.1, 0.15) is 12.4 Å². The number of aliphatic imine (C=N–C) groups is 1. The number of benzene rings is 1. The molecule has 0 atom stereocenters. The maximum absolute atomic E-state index is 5.70. The summed E-state index contributed by atoms with van der Waals surface area (Å²) < 4.78 is 16.3. The first-order valence-corrected chi connectivity index (χ1v) is 7.88. The lowest BCUT2D eigenvalue weighted by molar-refractivity contribution is 0.173. The Morgan fingerprint density at radius 1 is 1.22 bits per heavy atom. The highest BCUT2D eigenvalue weighted by atomic mass is 127. The highest BCUT2D eigenvalue weighted by Crippen LogP contribution is 2.34. The summed E-state index contributed by atoms with van der Waals surface area (Å²) in [5, 5.41) is 6.48. The van der Waals surface area contributed by atoms with Gasteiger partial charge in [0.25, 0.3) is 0 Å². The van der Waals surface area contributed by atoms with Crippen molar-refractivity contribution in [2.45, 2.75) is 26.7 Å². The van der Waals surface area contributed by atoms with Crippen LogP contribution in [-0.4, -0.2) is 39.0 Å². The molecule has 0 aliphatic carbocycles. The number of rotatable bonds is 8. The third-order valence-electron chi connectivity index (χ3n) is 3.13. The van der Waals surface area contributed by atoms with E-state index >= 15 is 0 Å². The maximum Gasteiger partial charge on any atom is 0.231 e. The number of hydrogen-bond acceptors (Lipinski definition) is 4. The summed E-state index contributed by atoms with van der Waals surface area (Å²) in [6.07, 6.45) is 2.25. The Kier molecular flexibility index (Phi) is 9.58. The van der Waals surface area contributed by atoms with Crippen LogP contribution in [0.2, 0.25) is 0 Å². The molecular weight excluding hydrogens is 409 g/mol. The van der Waals surface area contributed by atoms with E-state index in [2.05, 4.69) is 29.5 Å². The molecule has 0 unspecified atom stereocenters. The van der Waals surface area contributed by atoms with Gasteiger partial charge >= 0.3 is 0 Å². The Bertz CT molecular complexity index is 497. The van der Waals surface area contributed by atoms with E-state index < -0.39 is 0 Å². The number of unbranched alkanes of at least 4 members (excludes halogenated alkanes) is 1. The summed E-state index contributed by atoms with van der Waals surface area (Å²) in [4.78, 5) is 4.50. The van der Waals surface area contributed by atoms with Gasteiger partial charge in [0.05, 0.1) is 6.54 Å². The lowest BCUT2D eigenvalue weighted by Gasteiger charge is -2.12. The Morgan fingerprint density at radius 2 is 2.04 bits per heavy atom. The van der Waals surface area contributed by atoms with E-state index in [0.717, 1.165) is 49.1 Å². The van der Waals surface area contributed by atoms with E-state index in [9.17, 15) is 0 Å². The largest absolute Gasteiger partial charge is 0.492 e. The van der Waals surface area contributed by atoms with Crippen LogP contribution in [0.5, 0.6) is 17.2 Å². The molecule has 0 fully saturated rings. The van der Waals surface area contributed by atoms with Crippen molar-refractivity contribution in [1.82, 2.24) is 10.6 Å². The summed E-state index contributed by atoms with van der Waals surface area (Å²) in [5.41, 5.74) is 0. The molecule has 23 heavy (non-hydrogen) atoms. The zero-order valence-electron chi connectivity index (χ0n) is 13.8. The average molecular weight is 435 g/mol. The minimum absolute atomic E-state index is 0. The van der Waals surface area contributed by atoms with E-state index in [1.54, 1.807) is 0 Å². The van der Waals surface area contributed by atoms with Crippen molar-refractivity contribution in [1.29, 1.82) is 0 Å². The minimum atomic E-state index is 0. The molecule has 1 aliphatic heterocycles. The summed E-state index contributed by atoms with van der Waals surface area (Å²) in [6, 6.07) is 5.60. The quantitative estimate of drug-likeness (QED) is 0.285. The molecule has 1 heterocycles. The molecule has 0 aromatic heterocycles. The zero-order chi connectivity index (χ0) is 15.6. The van der Waals surface area contributed by atoms with Crippen molar-refractivity contribution in [3.8, 4) is 17.2 Å². The second kappa shape index (κ2) is 11.2. The molecule has 1 aliphatic rings. The molecule has 7 heteroatoms. The molecular formula is C16H26IN3O3.